The summed E-state index contributed by atoms with van der Waals surface area (Å²) < 4.78 is 40.3. The van der Waals surface area contributed by atoms with Crippen molar-refractivity contribution in [3.63, 3.8) is 0 Å². The van der Waals surface area contributed by atoms with Crippen LogP contribution < -0.4 is 5.32 Å². The zero-order chi connectivity index (χ0) is 17.3. The minimum Gasteiger partial charge on any atom is -0.372 e. The van der Waals surface area contributed by atoms with Crippen LogP contribution in [0, 0.1) is 5.92 Å². The molecular weight excluding hydrogens is 311 g/mol. The molecule has 0 radical (unpaired) electrons. The zero-order valence-electron chi connectivity index (χ0n) is 14.0. The molecule has 1 heterocycles. The summed E-state index contributed by atoms with van der Waals surface area (Å²) in [6.07, 6.45) is -2.73. The van der Waals surface area contributed by atoms with Gasteiger partial charge in [-0.2, -0.15) is 13.2 Å². The molecule has 0 atom stereocenters. The van der Waals surface area contributed by atoms with Gasteiger partial charge in [-0.05, 0) is 18.8 Å². The monoisotopic (exact) mass is 339 g/mol. The Labute approximate surface area is 136 Å². The van der Waals surface area contributed by atoms with Gasteiger partial charge in [-0.25, -0.2) is 4.79 Å². The van der Waals surface area contributed by atoms with Crippen LogP contribution in [0.25, 0.3) is 0 Å². The number of nitrogens with one attached hydrogen (secondary N) is 1. The number of hydrogen-bond acceptors (Lipinski definition) is 3. The number of carbonyl (C=O) groups is 1. The molecule has 0 unspecified atom stereocenters. The smallest absolute Gasteiger partial charge is 0.372 e. The zero-order valence-corrected chi connectivity index (χ0v) is 14.0. The summed E-state index contributed by atoms with van der Waals surface area (Å²) in [5.41, 5.74) is 0. The molecule has 5 nitrogen and oxygen atoms in total. The van der Waals surface area contributed by atoms with Gasteiger partial charge in [-0.1, -0.05) is 13.8 Å². The van der Waals surface area contributed by atoms with Gasteiger partial charge < -0.3 is 15.0 Å². The Kier molecular flexibility index (Phi) is 8.68. The van der Waals surface area contributed by atoms with E-state index in [0.717, 1.165) is 19.5 Å². The van der Waals surface area contributed by atoms with E-state index in [9.17, 15) is 18.0 Å². The lowest BCUT2D eigenvalue weighted by Gasteiger charge is -2.34. The predicted octanol–water partition coefficient (Wildman–Crippen LogP) is 2.33. The van der Waals surface area contributed by atoms with Crippen LogP contribution >= 0.6 is 0 Å². The Morgan fingerprint density at radius 1 is 1.22 bits per heavy atom. The molecule has 0 spiro atoms. The summed E-state index contributed by atoms with van der Waals surface area (Å²) in [5, 5.41) is 2.91. The number of carbonyl (C=O) groups excluding carboxylic acids is 1. The standard InChI is InChI=1S/C15H28F3N3O2/c1-13(2)4-5-19-14(22)21-9-7-20(8-10-21)6-3-11-23-12-15(16,17)18/h13H,3-12H2,1-2H3,(H,19,22). The van der Waals surface area contributed by atoms with E-state index in [2.05, 4.69) is 28.8 Å². The quantitative estimate of drug-likeness (QED) is 0.691. The maximum absolute atomic E-state index is 11.9. The van der Waals surface area contributed by atoms with Gasteiger partial charge in [0.2, 0.25) is 0 Å². The van der Waals surface area contributed by atoms with Gasteiger partial charge in [-0.15, -0.1) is 0 Å². The summed E-state index contributed by atoms with van der Waals surface area (Å²) in [4.78, 5) is 15.9. The fraction of sp³-hybridized carbons (Fsp3) is 0.933. The van der Waals surface area contributed by atoms with Crippen LogP contribution in [0.15, 0.2) is 0 Å². The highest BCUT2D eigenvalue weighted by molar-refractivity contribution is 5.74. The molecule has 1 saturated heterocycles. The highest BCUT2D eigenvalue weighted by Gasteiger charge is 2.27. The van der Waals surface area contributed by atoms with Crippen LogP contribution in [0.4, 0.5) is 18.0 Å². The summed E-state index contributed by atoms with van der Waals surface area (Å²) in [5.74, 6) is 0.562. The third-order valence-electron chi connectivity index (χ3n) is 3.69. The van der Waals surface area contributed by atoms with Gasteiger partial charge in [0.15, 0.2) is 0 Å². The lowest BCUT2D eigenvalue weighted by molar-refractivity contribution is -0.174. The summed E-state index contributed by atoms with van der Waals surface area (Å²) in [6.45, 7) is 7.33. The van der Waals surface area contributed by atoms with Crippen molar-refractivity contribution in [2.75, 3.05) is 52.5 Å². The number of rotatable bonds is 8. The maximum Gasteiger partial charge on any atom is 0.411 e. The van der Waals surface area contributed by atoms with Gasteiger partial charge in [0.05, 0.1) is 0 Å². The first-order valence-corrected chi connectivity index (χ1v) is 8.17. The molecule has 1 aliphatic rings. The summed E-state index contributed by atoms with van der Waals surface area (Å²) in [6, 6.07) is -0.0289. The summed E-state index contributed by atoms with van der Waals surface area (Å²) >= 11 is 0. The average molecular weight is 339 g/mol. The second-order valence-electron chi connectivity index (χ2n) is 6.26. The van der Waals surface area contributed by atoms with Crippen LogP contribution in [0.3, 0.4) is 0 Å². The molecule has 23 heavy (non-hydrogen) atoms. The van der Waals surface area contributed by atoms with Gasteiger partial charge in [-0.3, -0.25) is 4.90 Å². The number of hydrogen-bond donors (Lipinski definition) is 1. The van der Waals surface area contributed by atoms with Gasteiger partial charge in [0.1, 0.15) is 6.61 Å². The Morgan fingerprint density at radius 2 is 1.87 bits per heavy atom. The Hall–Kier alpha value is -1.02. The third kappa shape index (κ3) is 9.65. The predicted molar refractivity (Wildman–Crippen MR) is 82.4 cm³/mol. The summed E-state index contributed by atoms with van der Waals surface area (Å²) in [7, 11) is 0. The molecule has 0 aromatic rings. The SMILES string of the molecule is CC(C)CCNC(=O)N1CCN(CCCOCC(F)(F)F)CC1. The van der Waals surface area contributed by atoms with Crippen molar-refractivity contribution in [3.05, 3.63) is 0 Å². The molecule has 2 amide bonds. The van der Waals surface area contributed by atoms with Crippen molar-refractivity contribution >= 4 is 6.03 Å². The average Bonchev–Trinajstić information content (AvgIpc) is 2.46. The molecule has 0 saturated carbocycles. The number of urea groups is 1. The number of halogens is 3. The molecule has 0 aliphatic carbocycles. The Bertz CT molecular complexity index is 343. The second-order valence-corrected chi connectivity index (χ2v) is 6.26. The number of piperazine rings is 1. The van der Waals surface area contributed by atoms with Gasteiger partial charge >= 0.3 is 12.2 Å². The van der Waals surface area contributed by atoms with Crippen molar-refractivity contribution < 1.29 is 22.7 Å². The topological polar surface area (TPSA) is 44.8 Å². The van der Waals surface area contributed by atoms with Crippen molar-refractivity contribution in [2.24, 2.45) is 5.92 Å². The molecule has 136 valence electrons. The molecule has 0 bridgehead atoms. The molecular formula is C15H28F3N3O2. The van der Waals surface area contributed by atoms with Crippen molar-refractivity contribution in [2.45, 2.75) is 32.9 Å². The third-order valence-corrected chi connectivity index (χ3v) is 3.69. The van der Waals surface area contributed by atoms with Crippen molar-refractivity contribution in [3.8, 4) is 0 Å². The van der Waals surface area contributed by atoms with E-state index in [-0.39, 0.29) is 12.6 Å². The van der Waals surface area contributed by atoms with Crippen molar-refractivity contribution in [1.82, 2.24) is 15.1 Å². The van der Waals surface area contributed by atoms with Gasteiger partial charge in [0, 0.05) is 45.9 Å². The highest BCUT2D eigenvalue weighted by atomic mass is 19.4. The normalized spacial score (nSPS) is 16.9. The lowest BCUT2D eigenvalue weighted by atomic mass is 10.1. The van der Waals surface area contributed by atoms with Crippen LogP contribution in [-0.2, 0) is 4.74 Å². The first kappa shape index (κ1) is 20.0. The Morgan fingerprint density at radius 3 is 2.43 bits per heavy atom. The van der Waals surface area contributed by atoms with E-state index < -0.39 is 12.8 Å². The minimum atomic E-state index is -4.26. The van der Waals surface area contributed by atoms with E-state index in [1.165, 1.54) is 0 Å². The fourth-order valence-corrected chi connectivity index (χ4v) is 2.33. The van der Waals surface area contributed by atoms with E-state index in [0.29, 0.717) is 38.5 Å². The molecule has 8 heteroatoms. The first-order valence-electron chi connectivity index (χ1n) is 8.17. The van der Waals surface area contributed by atoms with Crippen molar-refractivity contribution in [1.29, 1.82) is 0 Å². The van der Waals surface area contributed by atoms with Crippen LogP contribution in [-0.4, -0.2) is 74.5 Å². The van der Waals surface area contributed by atoms with E-state index >= 15 is 0 Å². The molecule has 1 aliphatic heterocycles. The molecule has 1 fully saturated rings. The number of amides is 2. The minimum absolute atomic E-state index is 0.0289. The van der Waals surface area contributed by atoms with E-state index in [4.69, 9.17) is 0 Å². The molecule has 1 rings (SSSR count). The molecule has 0 aromatic heterocycles. The maximum atomic E-state index is 11.9. The van der Waals surface area contributed by atoms with Crippen LogP contribution in [0.1, 0.15) is 26.7 Å². The molecule has 0 aromatic carbocycles. The van der Waals surface area contributed by atoms with Gasteiger partial charge in [0.25, 0.3) is 0 Å². The second kappa shape index (κ2) is 9.97. The Balaban J connectivity index is 2.07. The largest absolute Gasteiger partial charge is 0.411 e. The van der Waals surface area contributed by atoms with Crippen LogP contribution in [0.5, 0.6) is 0 Å². The fourth-order valence-electron chi connectivity index (χ4n) is 2.33. The van der Waals surface area contributed by atoms with E-state index in [1.54, 1.807) is 4.90 Å². The highest BCUT2D eigenvalue weighted by Crippen LogP contribution is 2.14. The number of alkyl halides is 3. The van der Waals surface area contributed by atoms with Crippen LogP contribution in [0.2, 0.25) is 0 Å². The molecule has 1 N–H and O–H groups in total. The lowest BCUT2D eigenvalue weighted by Crippen LogP contribution is -2.52. The number of nitrogens with zero attached hydrogens (tertiary/aromatic N) is 2. The number of ether oxygens (including phenoxy) is 1. The first-order chi connectivity index (χ1) is 10.8. The van der Waals surface area contributed by atoms with E-state index in [1.807, 2.05) is 0 Å².